The van der Waals surface area contributed by atoms with E-state index in [-0.39, 0.29) is 33.2 Å². The monoisotopic (exact) mass is 354 g/mol. The Hall–Kier alpha value is -2.52. The van der Waals surface area contributed by atoms with Gasteiger partial charge >= 0.3 is 0 Å². The summed E-state index contributed by atoms with van der Waals surface area (Å²) in [6, 6.07) is 0. The Morgan fingerprint density at radius 2 is 0.619 bits per heavy atom. The van der Waals surface area contributed by atoms with Crippen molar-refractivity contribution in [2.75, 3.05) is 17.2 Å². The van der Waals surface area contributed by atoms with Crippen molar-refractivity contribution in [2.24, 2.45) is 34.4 Å². The Morgan fingerprint density at radius 3 is 0.714 bits per heavy atom. The summed E-state index contributed by atoms with van der Waals surface area (Å²) in [6.07, 6.45) is 0. The zero-order valence-corrected chi connectivity index (χ0v) is 13.2. The number of nitrogens with two attached hydrogens (primary N) is 9. The maximum Gasteiger partial charge on any atom is 0.226 e. The molecule has 0 fully saturated rings. The number of rotatable bonds is 0. The number of nitrogens with zero attached hydrogens (tertiary/aromatic N) is 3. The molecule has 1 aromatic heterocycles. The van der Waals surface area contributed by atoms with Gasteiger partial charge in [-0.2, -0.15) is 15.0 Å². The predicted molar refractivity (Wildman–Crippen MR) is 96.0 cm³/mol. The van der Waals surface area contributed by atoms with E-state index >= 15 is 0 Å². The minimum Gasteiger partial charge on any atom is -0.377 e. The fourth-order valence-electron chi connectivity index (χ4n) is 0.427. The molecule has 0 radical (unpaired) electrons. The molecular formula is C6H18N12S3. The van der Waals surface area contributed by atoms with E-state index in [9.17, 15) is 0 Å². The van der Waals surface area contributed by atoms with Gasteiger partial charge in [-0.15, -0.1) is 0 Å². The summed E-state index contributed by atoms with van der Waals surface area (Å²) in [7, 11) is 0. The van der Waals surface area contributed by atoms with E-state index in [2.05, 4.69) is 86.0 Å². The molecule has 18 N–H and O–H groups in total. The number of hydrogen-bond donors (Lipinski definition) is 9. The molecule has 1 heterocycles. The summed E-state index contributed by atoms with van der Waals surface area (Å²) in [5, 5.41) is 0.000000000000000666. The topological polar surface area (TPSA) is 273 Å². The highest BCUT2D eigenvalue weighted by molar-refractivity contribution is 7.80. The van der Waals surface area contributed by atoms with Crippen LogP contribution < -0.4 is 51.6 Å². The van der Waals surface area contributed by atoms with Crippen molar-refractivity contribution in [3.63, 3.8) is 0 Å². The van der Waals surface area contributed by atoms with E-state index in [0.717, 1.165) is 0 Å². The van der Waals surface area contributed by atoms with Crippen LogP contribution in [0.4, 0.5) is 17.8 Å². The fraction of sp³-hybridized carbons (Fsp3) is 0. The molecule has 0 aliphatic heterocycles. The molecule has 0 atom stereocenters. The van der Waals surface area contributed by atoms with Crippen molar-refractivity contribution < 1.29 is 0 Å². The molecule has 0 amide bonds. The molecule has 0 bridgehead atoms. The Kier molecular flexibility index (Phi) is 15.6. The van der Waals surface area contributed by atoms with Gasteiger partial charge in [-0.25, -0.2) is 0 Å². The largest absolute Gasteiger partial charge is 0.377 e. The van der Waals surface area contributed by atoms with E-state index in [1.54, 1.807) is 0 Å². The number of anilines is 3. The van der Waals surface area contributed by atoms with Gasteiger partial charge in [0.2, 0.25) is 17.8 Å². The SMILES string of the molecule is NC(N)=S.NC(N)=S.NC(N)=S.Nc1nc(N)nc(N)n1. The van der Waals surface area contributed by atoms with Crippen molar-refractivity contribution in [1.29, 1.82) is 0 Å². The Morgan fingerprint density at radius 1 is 0.524 bits per heavy atom. The van der Waals surface area contributed by atoms with Crippen LogP contribution in [0, 0.1) is 0 Å². The van der Waals surface area contributed by atoms with Gasteiger partial charge in [0.25, 0.3) is 0 Å². The van der Waals surface area contributed by atoms with Crippen molar-refractivity contribution in [3.8, 4) is 0 Å². The van der Waals surface area contributed by atoms with Gasteiger partial charge in [0, 0.05) is 0 Å². The molecule has 21 heavy (non-hydrogen) atoms. The lowest BCUT2D eigenvalue weighted by atomic mass is 10.9. The van der Waals surface area contributed by atoms with Crippen LogP contribution in [0.1, 0.15) is 0 Å². The molecule has 1 rings (SSSR count). The minimum atomic E-state index is 0.000000000000000222. The quantitative estimate of drug-likeness (QED) is 0.202. The molecule has 120 valence electrons. The summed E-state index contributed by atoms with van der Waals surface area (Å²) >= 11 is 12.3. The predicted octanol–water partition coefficient (Wildman–Crippen LogP) is -3.82. The van der Waals surface area contributed by atoms with Gasteiger partial charge in [0.1, 0.15) is 0 Å². The first-order valence-electron chi connectivity index (χ1n) is 4.55. The number of nitrogen functional groups attached to an aromatic ring is 3. The van der Waals surface area contributed by atoms with Crippen LogP contribution in [0.25, 0.3) is 0 Å². The Labute approximate surface area is 136 Å². The molecule has 0 spiro atoms. The molecule has 12 nitrogen and oxygen atoms in total. The van der Waals surface area contributed by atoms with Crippen LogP contribution in [-0.2, 0) is 0 Å². The van der Waals surface area contributed by atoms with E-state index in [1.807, 2.05) is 0 Å². The van der Waals surface area contributed by atoms with Crippen LogP contribution in [0.5, 0.6) is 0 Å². The summed E-state index contributed by atoms with van der Waals surface area (Å²) in [6.45, 7) is 0. The van der Waals surface area contributed by atoms with E-state index in [1.165, 1.54) is 0 Å². The number of aromatic nitrogens is 3. The second-order valence-corrected chi connectivity index (χ2v) is 4.03. The van der Waals surface area contributed by atoms with Crippen LogP contribution in [0.15, 0.2) is 0 Å². The second kappa shape index (κ2) is 13.9. The first-order valence-corrected chi connectivity index (χ1v) is 5.78. The normalized spacial score (nSPS) is 7.43. The van der Waals surface area contributed by atoms with Crippen LogP contribution in [0.2, 0.25) is 0 Å². The van der Waals surface area contributed by atoms with E-state index in [0.29, 0.717) is 0 Å². The molecule has 0 aliphatic carbocycles. The summed E-state index contributed by atoms with van der Waals surface area (Å²) in [4.78, 5) is 10.5. The van der Waals surface area contributed by atoms with Gasteiger partial charge in [-0.1, -0.05) is 0 Å². The van der Waals surface area contributed by atoms with Crippen molar-refractivity contribution in [1.82, 2.24) is 15.0 Å². The maximum atomic E-state index is 5.14. The average molecular weight is 354 g/mol. The third kappa shape index (κ3) is 46.6. The van der Waals surface area contributed by atoms with Crippen LogP contribution in [-0.4, -0.2) is 30.3 Å². The zero-order chi connectivity index (χ0) is 17.6. The van der Waals surface area contributed by atoms with E-state index < -0.39 is 0 Å². The van der Waals surface area contributed by atoms with E-state index in [4.69, 9.17) is 17.2 Å². The highest BCUT2D eigenvalue weighted by Crippen LogP contribution is 1.97. The van der Waals surface area contributed by atoms with Gasteiger partial charge in [-0.3, -0.25) is 0 Å². The number of thiocarbonyl (C=S) groups is 3. The standard InChI is InChI=1S/C3H6N6.3CH4N2S/c4-1-7-2(5)9-3(6)8-1;3*2-1(3)4/h(H6,4,5,6,7,8,9);3*(H4,2,3,4). The molecule has 0 saturated carbocycles. The molecular weight excluding hydrogens is 336 g/mol. The average Bonchev–Trinajstić information content (AvgIpc) is 2.10. The highest BCUT2D eigenvalue weighted by Gasteiger charge is 1.93. The molecule has 0 aliphatic rings. The first-order chi connectivity index (χ1) is 9.38. The van der Waals surface area contributed by atoms with Crippen molar-refractivity contribution in [2.45, 2.75) is 0 Å². The second-order valence-electron chi connectivity index (χ2n) is 2.62. The number of hydrogen-bond acceptors (Lipinski definition) is 9. The zero-order valence-electron chi connectivity index (χ0n) is 10.8. The van der Waals surface area contributed by atoms with Crippen molar-refractivity contribution in [3.05, 3.63) is 0 Å². The fourth-order valence-corrected chi connectivity index (χ4v) is 0.427. The Balaban J connectivity index is -0.000000230. The summed E-state index contributed by atoms with van der Waals surface area (Å²) < 4.78 is 0. The maximum absolute atomic E-state index is 5.14. The third-order valence-corrected chi connectivity index (χ3v) is 0.687. The third-order valence-electron chi connectivity index (χ3n) is 0.687. The smallest absolute Gasteiger partial charge is 0.226 e. The first kappa shape index (κ1) is 23.6. The van der Waals surface area contributed by atoms with Gasteiger partial charge in [0.05, 0.1) is 0 Å². The minimum absolute atomic E-state index is 0.000000000000000222. The molecule has 0 unspecified atom stereocenters. The lowest BCUT2D eigenvalue weighted by Crippen LogP contribution is -2.18. The van der Waals surface area contributed by atoms with Crippen molar-refractivity contribution >= 4 is 69.8 Å². The van der Waals surface area contributed by atoms with Gasteiger partial charge in [0.15, 0.2) is 15.3 Å². The lowest BCUT2D eigenvalue weighted by molar-refractivity contribution is 1.09. The molecule has 0 saturated heterocycles. The van der Waals surface area contributed by atoms with Gasteiger partial charge in [-0.05, 0) is 36.7 Å². The van der Waals surface area contributed by atoms with Gasteiger partial charge < -0.3 is 51.6 Å². The summed E-state index contributed by atoms with van der Waals surface area (Å²) in [5.74, 6) is 0.125. The molecule has 0 aromatic carbocycles. The van der Waals surface area contributed by atoms with Crippen LogP contribution in [0.3, 0.4) is 0 Å². The molecule has 15 heteroatoms. The summed E-state index contributed by atoms with van der Waals surface area (Å²) in [5.41, 5.74) is 43.1. The highest BCUT2D eigenvalue weighted by atomic mass is 32.1. The van der Waals surface area contributed by atoms with Crippen LogP contribution >= 0.6 is 36.7 Å². The molecule has 1 aromatic rings. The Bertz CT molecular complexity index is 371. The lowest BCUT2D eigenvalue weighted by Gasteiger charge is -1.93.